The summed E-state index contributed by atoms with van der Waals surface area (Å²) in [5.74, 6) is -0.228. The first kappa shape index (κ1) is 12.5. The predicted octanol–water partition coefficient (Wildman–Crippen LogP) is 1.82. The number of rotatable bonds is 5. The van der Waals surface area contributed by atoms with Gasteiger partial charge in [-0.15, -0.1) is 0 Å². The van der Waals surface area contributed by atoms with Crippen LogP contribution >= 0.6 is 0 Å². The quantitative estimate of drug-likeness (QED) is 0.773. The molecule has 1 aromatic carbocycles. The van der Waals surface area contributed by atoms with Crippen LogP contribution in [0.4, 0.5) is 5.69 Å². The molecule has 0 heterocycles. The van der Waals surface area contributed by atoms with E-state index in [9.17, 15) is 4.79 Å². The van der Waals surface area contributed by atoms with Gasteiger partial charge in [-0.3, -0.25) is 9.63 Å². The number of anilines is 1. The molecule has 1 aromatic rings. The Morgan fingerprint density at radius 1 is 1.25 bits per heavy atom. The number of amides is 1. The molecule has 0 fully saturated rings. The van der Waals surface area contributed by atoms with Crippen molar-refractivity contribution < 1.29 is 9.63 Å². The van der Waals surface area contributed by atoms with E-state index in [0.717, 1.165) is 18.8 Å². The summed E-state index contributed by atoms with van der Waals surface area (Å²) in [4.78, 5) is 18.2. The molecule has 1 amide bonds. The van der Waals surface area contributed by atoms with Crippen LogP contribution in [-0.4, -0.2) is 26.1 Å². The molecule has 0 saturated carbocycles. The molecule has 0 unspecified atom stereocenters. The molecule has 4 heteroatoms. The van der Waals surface area contributed by atoms with Gasteiger partial charge in [-0.2, -0.15) is 0 Å². The Kier molecular flexibility index (Phi) is 4.79. The largest absolute Gasteiger partial charge is 0.372 e. The summed E-state index contributed by atoms with van der Waals surface area (Å²) in [5.41, 5.74) is 4.01. The van der Waals surface area contributed by atoms with Crippen molar-refractivity contribution in [2.75, 3.05) is 25.1 Å². The lowest BCUT2D eigenvalue weighted by Gasteiger charge is -2.20. The monoisotopic (exact) mass is 222 g/mol. The van der Waals surface area contributed by atoms with Crippen LogP contribution < -0.4 is 10.4 Å². The van der Waals surface area contributed by atoms with E-state index in [0.29, 0.717) is 5.56 Å². The standard InChI is InChI=1S/C12H18N2O2/c1-4-14(5-2)11-8-6-10(7-9-11)12(15)13-16-3/h6-9H,4-5H2,1-3H3,(H,13,15). The van der Waals surface area contributed by atoms with Crippen LogP contribution in [0, 0.1) is 0 Å². The Labute approximate surface area is 96.2 Å². The Morgan fingerprint density at radius 3 is 2.25 bits per heavy atom. The van der Waals surface area contributed by atoms with Gasteiger partial charge in [0.25, 0.3) is 5.91 Å². The molecule has 0 spiro atoms. The SMILES string of the molecule is CCN(CC)c1ccc(C(=O)NOC)cc1. The number of benzene rings is 1. The highest BCUT2D eigenvalue weighted by Gasteiger charge is 2.06. The van der Waals surface area contributed by atoms with Gasteiger partial charge in [-0.1, -0.05) is 0 Å². The number of nitrogens with zero attached hydrogens (tertiary/aromatic N) is 1. The topological polar surface area (TPSA) is 41.6 Å². The first-order valence-corrected chi connectivity index (χ1v) is 5.41. The van der Waals surface area contributed by atoms with Crippen LogP contribution in [0.3, 0.4) is 0 Å². The zero-order valence-corrected chi connectivity index (χ0v) is 9.99. The third-order valence-corrected chi connectivity index (χ3v) is 2.45. The lowest BCUT2D eigenvalue weighted by atomic mass is 10.2. The van der Waals surface area contributed by atoms with Crippen LogP contribution in [0.15, 0.2) is 24.3 Å². The summed E-state index contributed by atoms with van der Waals surface area (Å²) in [6.07, 6.45) is 0. The van der Waals surface area contributed by atoms with Crippen LogP contribution in [0.25, 0.3) is 0 Å². The van der Waals surface area contributed by atoms with E-state index in [1.807, 2.05) is 12.1 Å². The molecule has 0 aliphatic rings. The molecule has 16 heavy (non-hydrogen) atoms. The molecule has 0 bridgehead atoms. The van der Waals surface area contributed by atoms with Crippen LogP contribution in [0.2, 0.25) is 0 Å². The van der Waals surface area contributed by atoms with Gasteiger partial charge >= 0.3 is 0 Å². The summed E-state index contributed by atoms with van der Waals surface area (Å²) in [6, 6.07) is 7.47. The van der Waals surface area contributed by atoms with Crippen LogP contribution in [-0.2, 0) is 4.84 Å². The minimum atomic E-state index is -0.228. The zero-order chi connectivity index (χ0) is 12.0. The fraction of sp³-hybridized carbons (Fsp3) is 0.417. The fourth-order valence-electron chi connectivity index (χ4n) is 1.56. The second-order valence-corrected chi connectivity index (χ2v) is 3.35. The molecule has 0 aliphatic heterocycles. The summed E-state index contributed by atoms with van der Waals surface area (Å²) < 4.78 is 0. The maximum atomic E-state index is 11.4. The van der Waals surface area contributed by atoms with Gasteiger partial charge < -0.3 is 4.90 Å². The van der Waals surface area contributed by atoms with Crippen molar-refractivity contribution in [1.82, 2.24) is 5.48 Å². The van der Waals surface area contributed by atoms with Crippen molar-refractivity contribution in [2.24, 2.45) is 0 Å². The maximum absolute atomic E-state index is 11.4. The molecule has 0 saturated heterocycles. The molecule has 0 aromatic heterocycles. The third kappa shape index (κ3) is 2.97. The second-order valence-electron chi connectivity index (χ2n) is 3.35. The fourth-order valence-corrected chi connectivity index (χ4v) is 1.56. The summed E-state index contributed by atoms with van der Waals surface area (Å²) >= 11 is 0. The van der Waals surface area contributed by atoms with Gasteiger partial charge in [0, 0.05) is 24.3 Å². The van der Waals surface area contributed by atoms with Crippen molar-refractivity contribution in [1.29, 1.82) is 0 Å². The lowest BCUT2D eigenvalue weighted by Crippen LogP contribution is -2.23. The highest BCUT2D eigenvalue weighted by molar-refractivity contribution is 5.93. The Balaban J connectivity index is 2.78. The third-order valence-electron chi connectivity index (χ3n) is 2.45. The number of hydroxylamine groups is 1. The number of hydrogen-bond donors (Lipinski definition) is 1. The molecule has 88 valence electrons. The molecular formula is C12H18N2O2. The van der Waals surface area contributed by atoms with E-state index in [1.54, 1.807) is 12.1 Å². The Morgan fingerprint density at radius 2 is 1.81 bits per heavy atom. The molecule has 0 aliphatic carbocycles. The highest BCUT2D eigenvalue weighted by atomic mass is 16.6. The first-order valence-electron chi connectivity index (χ1n) is 5.41. The van der Waals surface area contributed by atoms with Crippen LogP contribution in [0.1, 0.15) is 24.2 Å². The summed E-state index contributed by atoms with van der Waals surface area (Å²) in [7, 11) is 1.42. The normalized spacial score (nSPS) is 9.94. The minimum absolute atomic E-state index is 0.228. The van der Waals surface area contributed by atoms with Gasteiger partial charge in [0.05, 0.1) is 7.11 Å². The van der Waals surface area contributed by atoms with Crippen molar-refractivity contribution in [3.8, 4) is 0 Å². The minimum Gasteiger partial charge on any atom is -0.372 e. The van der Waals surface area contributed by atoms with Gasteiger partial charge in [0.15, 0.2) is 0 Å². The first-order chi connectivity index (χ1) is 7.72. The summed E-state index contributed by atoms with van der Waals surface area (Å²) in [6.45, 7) is 6.13. The van der Waals surface area contributed by atoms with Gasteiger partial charge in [-0.25, -0.2) is 5.48 Å². The predicted molar refractivity (Wildman–Crippen MR) is 64.5 cm³/mol. The van der Waals surface area contributed by atoms with Crippen molar-refractivity contribution in [2.45, 2.75) is 13.8 Å². The summed E-state index contributed by atoms with van der Waals surface area (Å²) in [5, 5.41) is 0. The van der Waals surface area contributed by atoms with E-state index in [-0.39, 0.29) is 5.91 Å². The second kappa shape index (κ2) is 6.12. The number of nitrogens with one attached hydrogen (secondary N) is 1. The Bertz CT molecular complexity index is 331. The van der Waals surface area contributed by atoms with Crippen molar-refractivity contribution in [3.05, 3.63) is 29.8 Å². The highest BCUT2D eigenvalue weighted by Crippen LogP contribution is 2.14. The van der Waals surface area contributed by atoms with E-state index in [2.05, 4.69) is 29.1 Å². The van der Waals surface area contributed by atoms with E-state index in [4.69, 9.17) is 0 Å². The van der Waals surface area contributed by atoms with Crippen molar-refractivity contribution in [3.63, 3.8) is 0 Å². The van der Waals surface area contributed by atoms with Gasteiger partial charge in [0.2, 0.25) is 0 Å². The average Bonchev–Trinajstić information content (AvgIpc) is 2.32. The number of carbonyl (C=O) groups is 1. The maximum Gasteiger partial charge on any atom is 0.274 e. The molecule has 0 atom stereocenters. The molecule has 1 N–H and O–H groups in total. The molecule has 1 rings (SSSR count). The van der Waals surface area contributed by atoms with E-state index >= 15 is 0 Å². The van der Waals surface area contributed by atoms with Crippen molar-refractivity contribution >= 4 is 11.6 Å². The zero-order valence-electron chi connectivity index (χ0n) is 9.99. The van der Waals surface area contributed by atoms with Gasteiger partial charge in [0.1, 0.15) is 0 Å². The molecular weight excluding hydrogens is 204 g/mol. The lowest BCUT2D eigenvalue weighted by molar-refractivity contribution is 0.0537. The number of hydrogen-bond acceptors (Lipinski definition) is 3. The average molecular weight is 222 g/mol. The Hall–Kier alpha value is -1.55. The van der Waals surface area contributed by atoms with Crippen LogP contribution in [0.5, 0.6) is 0 Å². The molecule has 4 nitrogen and oxygen atoms in total. The number of carbonyl (C=O) groups excluding carboxylic acids is 1. The van der Waals surface area contributed by atoms with Gasteiger partial charge in [-0.05, 0) is 38.1 Å². The molecule has 0 radical (unpaired) electrons. The van der Waals surface area contributed by atoms with E-state index in [1.165, 1.54) is 7.11 Å². The van der Waals surface area contributed by atoms with E-state index < -0.39 is 0 Å². The smallest absolute Gasteiger partial charge is 0.274 e.